The van der Waals surface area contributed by atoms with Gasteiger partial charge in [0, 0.05) is 5.56 Å². The van der Waals surface area contributed by atoms with Crippen LogP contribution in [0.5, 0.6) is 0 Å². The second kappa shape index (κ2) is 3.36. The summed E-state index contributed by atoms with van der Waals surface area (Å²) in [6.45, 7) is 2.13. The summed E-state index contributed by atoms with van der Waals surface area (Å²) in [5.74, 6) is 0. The molecule has 0 amide bonds. The van der Waals surface area contributed by atoms with Gasteiger partial charge in [0.1, 0.15) is 3.70 Å². The first-order valence-corrected chi connectivity index (χ1v) is 5.56. The number of aromatic nitrogens is 2. The predicted molar refractivity (Wildman–Crippen MR) is 57.2 cm³/mol. The van der Waals surface area contributed by atoms with Crippen LogP contribution in [-0.2, 0) is 0 Å². The molecule has 0 radical (unpaired) electrons. The maximum Gasteiger partial charge on any atom is 0.102 e. The van der Waals surface area contributed by atoms with Crippen LogP contribution in [0, 0.1) is 10.6 Å². The minimum atomic E-state index is 0.686. The van der Waals surface area contributed by atoms with E-state index in [0.29, 0.717) is 6.04 Å². The zero-order chi connectivity index (χ0) is 8.55. The molecule has 1 aliphatic rings. The molecule has 1 aromatic rings. The molecule has 0 saturated heterocycles. The molecule has 1 aromatic heterocycles. The minimum Gasteiger partial charge on any atom is -0.256 e. The molecule has 0 bridgehead atoms. The number of hydrogen-bond acceptors (Lipinski definition) is 1. The van der Waals surface area contributed by atoms with Crippen molar-refractivity contribution in [3.8, 4) is 0 Å². The Morgan fingerprint density at radius 3 is 2.67 bits per heavy atom. The van der Waals surface area contributed by atoms with Crippen LogP contribution >= 0.6 is 22.6 Å². The van der Waals surface area contributed by atoms with Gasteiger partial charge in [-0.1, -0.05) is 12.8 Å². The van der Waals surface area contributed by atoms with Gasteiger partial charge < -0.3 is 0 Å². The summed E-state index contributed by atoms with van der Waals surface area (Å²) < 4.78 is 3.52. The molecule has 0 aromatic carbocycles. The molecule has 0 unspecified atom stereocenters. The molecule has 12 heavy (non-hydrogen) atoms. The highest BCUT2D eigenvalue weighted by molar-refractivity contribution is 14.1. The Labute approximate surface area is 86.5 Å². The van der Waals surface area contributed by atoms with Crippen molar-refractivity contribution in [3.63, 3.8) is 0 Å². The van der Waals surface area contributed by atoms with Gasteiger partial charge in [-0.2, -0.15) is 5.10 Å². The maximum atomic E-state index is 4.41. The zero-order valence-electron chi connectivity index (χ0n) is 7.26. The van der Waals surface area contributed by atoms with Crippen molar-refractivity contribution >= 4 is 22.6 Å². The molecular formula is C9H13IN2. The van der Waals surface area contributed by atoms with Gasteiger partial charge in [-0.25, -0.2) is 0 Å². The van der Waals surface area contributed by atoms with E-state index in [9.17, 15) is 0 Å². The smallest absolute Gasteiger partial charge is 0.102 e. The van der Waals surface area contributed by atoms with Gasteiger partial charge in [-0.05, 0) is 42.4 Å². The number of aryl methyl sites for hydroxylation is 1. The molecule has 3 heteroatoms. The lowest BCUT2D eigenvalue weighted by Gasteiger charge is -2.10. The molecule has 1 fully saturated rings. The highest BCUT2D eigenvalue weighted by atomic mass is 127. The third-order valence-electron chi connectivity index (χ3n) is 2.57. The van der Waals surface area contributed by atoms with Crippen LogP contribution in [0.3, 0.4) is 0 Å². The first-order valence-electron chi connectivity index (χ1n) is 4.48. The fraction of sp³-hybridized carbons (Fsp3) is 0.667. The molecule has 66 valence electrons. The van der Waals surface area contributed by atoms with Crippen LogP contribution in [0.1, 0.15) is 37.3 Å². The summed E-state index contributed by atoms with van der Waals surface area (Å²) in [5, 5.41) is 4.41. The summed E-state index contributed by atoms with van der Waals surface area (Å²) in [6, 6.07) is 0.686. The molecule has 0 N–H and O–H groups in total. The quantitative estimate of drug-likeness (QED) is 0.721. The number of nitrogens with zero attached hydrogens (tertiary/aromatic N) is 2. The second-order valence-corrected chi connectivity index (χ2v) is 4.52. The Kier molecular flexibility index (Phi) is 2.39. The first kappa shape index (κ1) is 8.53. The molecular weight excluding hydrogens is 263 g/mol. The summed E-state index contributed by atoms with van der Waals surface area (Å²) >= 11 is 2.39. The Balaban J connectivity index is 2.26. The summed E-state index contributed by atoms with van der Waals surface area (Å²) in [7, 11) is 0. The van der Waals surface area contributed by atoms with E-state index in [0.717, 1.165) is 0 Å². The SMILES string of the molecule is Cc1cnn(C2CCCC2)c1I. The van der Waals surface area contributed by atoms with Gasteiger partial charge >= 0.3 is 0 Å². The lowest BCUT2D eigenvalue weighted by Crippen LogP contribution is -2.08. The molecule has 0 aliphatic heterocycles. The summed E-state index contributed by atoms with van der Waals surface area (Å²) in [5.41, 5.74) is 1.31. The zero-order valence-corrected chi connectivity index (χ0v) is 9.41. The Hall–Kier alpha value is -0.0600. The summed E-state index contributed by atoms with van der Waals surface area (Å²) in [4.78, 5) is 0. The van der Waals surface area contributed by atoms with Gasteiger partial charge in [0.25, 0.3) is 0 Å². The maximum absolute atomic E-state index is 4.41. The third kappa shape index (κ3) is 1.39. The van der Waals surface area contributed by atoms with Gasteiger partial charge in [-0.15, -0.1) is 0 Å². The number of rotatable bonds is 1. The topological polar surface area (TPSA) is 17.8 Å². The van der Waals surface area contributed by atoms with Gasteiger partial charge in [0.05, 0.1) is 12.2 Å². The van der Waals surface area contributed by atoms with Crippen LogP contribution in [0.2, 0.25) is 0 Å². The largest absolute Gasteiger partial charge is 0.256 e. The van der Waals surface area contributed by atoms with Gasteiger partial charge in [0.2, 0.25) is 0 Å². The monoisotopic (exact) mass is 276 g/mol. The van der Waals surface area contributed by atoms with Crippen LogP contribution in [0.4, 0.5) is 0 Å². The van der Waals surface area contributed by atoms with Crippen molar-refractivity contribution in [2.75, 3.05) is 0 Å². The van der Waals surface area contributed by atoms with Crippen LogP contribution < -0.4 is 0 Å². The fourth-order valence-electron chi connectivity index (χ4n) is 1.84. The van der Waals surface area contributed by atoms with Gasteiger partial charge in [0.15, 0.2) is 0 Å². The Morgan fingerprint density at radius 1 is 1.50 bits per heavy atom. The third-order valence-corrected chi connectivity index (χ3v) is 3.92. The van der Waals surface area contributed by atoms with Crippen molar-refractivity contribution in [1.29, 1.82) is 0 Å². The molecule has 2 nitrogen and oxygen atoms in total. The highest BCUT2D eigenvalue weighted by Crippen LogP contribution is 2.30. The molecule has 1 saturated carbocycles. The average Bonchev–Trinajstić information content (AvgIpc) is 2.64. The van der Waals surface area contributed by atoms with Crippen LogP contribution in [0.25, 0.3) is 0 Å². The lowest BCUT2D eigenvalue weighted by atomic mass is 10.2. The van der Waals surface area contributed by atoms with E-state index in [2.05, 4.69) is 39.3 Å². The van der Waals surface area contributed by atoms with E-state index in [1.165, 1.54) is 34.9 Å². The number of hydrogen-bond donors (Lipinski definition) is 0. The van der Waals surface area contributed by atoms with Crippen molar-refractivity contribution < 1.29 is 0 Å². The van der Waals surface area contributed by atoms with E-state index >= 15 is 0 Å². The van der Waals surface area contributed by atoms with Crippen molar-refractivity contribution in [2.45, 2.75) is 38.6 Å². The van der Waals surface area contributed by atoms with E-state index in [4.69, 9.17) is 0 Å². The predicted octanol–water partition coefficient (Wildman–Crippen LogP) is 2.91. The fourth-order valence-corrected chi connectivity index (χ4v) is 2.49. The van der Waals surface area contributed by atoms with E-state index < -0.39 is 0 Å². The normalized spacial score (nSPS) is 18.8. The standard InChI is InChI=1S/C9H13IN2/c1-7-6-11-12(9(7)10)8-4-2-3-5-8/h6,8H,2-5H2,1H3. The Bertz CT molecular complexity index is 274. The first-order chi connectivity index (χ1) is 5.79. The van der Waals surface area contributed by atoms with E-state index in [1.807, 2.05) is 6.20 Å². The Morgan fingerprint density at radius 2 is 2.17 bits per heavy atom. The van der Waals surface area contributed by atoms with Crippen LogP contribution in [-0.4, -0.2) is 9.78 Å². The lowest BCUT2D eigenvalue weighted by molar-refractivity contribution is 0.457. The minimum absolute atomic E-state index is 0.686. The molecule has 0 atom stereocenters. The molecule has 2 rings (SSSR count). The van der Waals surface area contributed by atoms with Crippen molar-refractivity contribution in [2.24, 2.45) is 0 Å². The molecule has 1 heterocycles. The molecule has 1 aliphatic carbocycles. The van der Waals surface area contributed by atoms with Crippen LogP contribution in [0.15, 0.2) is 6.20 Å². The van der Waals surface area contributed by atoms with Gasteiger partial charge in [-0.3, -0.25) is 4.68 Å². The number of halogens is 1. The van der Waals surface area contributed by atoms with Crippen molar-refractivity contribution in [1.82, 2.24) is 9.78 Å². The second-order valence-electron chi connectivity index (χ2n) is 3.50. The van der Waals surface area contributed by atoms with E-state index in [-0.39, 0.29) is 0 Å². The van der Waals surface area contributed by atoms with Crippen molar-refractivity contribution in [3.05, 3.63) is 15.5 Å². The highest BCUT2D eigenvalue weighted by Gasteiger charge is 2.19. The molecule has 0 spiro atoms. The van der Waals surface area contributed by atoms with E-state index in [1.54, 1.807) is 0 Å². The summed E-state index contributed by atoms with van der Waals surface area (Å²) in [6.07, 6.45) is 7.35. The average molecular weight is 276 g/mol.